The molecule has 1 saturated heterocycles. The molecule has 0 radical (unpaired) electrons. The van der Waals surface area contributed by atoms with E-state index in [1.54, 1.807) is 0 Å². The number of piperidine rings is 1. The molecule has 0 aliphatic carbocycles. The van der Waals surface area contributed by atoms with E-state index in [1.165, 1.54) is 28.6 Å². The zero-order chi connectivity index (χ0) is 10.3. The van der Waals surface area contributed by atoms with Gasteiger partial charge < -0.3 is 10.6 Å². The van der Waals surface area contributed by atoms with Crippen LogP contribution in [-0.2, 0) is 5.41 Å². The van der Waals surface area contributed by atoms with Crippen molar-refractivity contribution in [1.82, 2.24) is 5.32 Å². The van der Waals surface area contributed by atoms with Gasteiger partial charge >= 0.3 is 0 Å². The summed E-state index contributed by atoms with van der Waals surface area (Å²) < 4.78 is 1.17. The van der Waals surface area contributed by atoms with E-state index >= 15 is 0 Å². The normalized spacial score (nSPS) is 22.5. The van der Waals surface area contributed by atoms with Crippen LogP contribution in [0.1, 0.15) is 18.4 Å². The fraction of sp³-hybridized carbons (Fsp3) is 0.500. The predicted octanol–water partition coefficient (Wildman–Crippen LogP) is 2.50. The van der Waals surface area contributed by atoms with Gasteiger partial charge in [0.05, 0.1) is 0 Å². The average molecular weight is 267 g/mol. The smallest absolute Gasteiger partial charge is 0.0390 e. The maximum absolute atomic E-state index is 3.54. The zero-order valence-electron chi connectivity index (χ0n) is 8.65. The summed E-state index contributed by atoms with van der Waals surface area (Å²) in [5.74, 6) is 0. The minimum absolute atomic E-state index is 0.404. The van der Waals surface area contributed by atoms with E-state index in [2.05, 4.69) is 44.8 Å². The Balaban J connectivity index is 2.03. The van der Waals surface area contributed by atoms with Crippen molar-refractivity contribution in [2.45, 2.75) is 18.3 Å². The second kappa shape index (κ2) is 3.49. The highest BCUT2D eigenvalue weighted by molar-refractivity contribution is 9.10. The molecule has 1 fully saturated rings. The van der Waals surface area contributed by atoms with E-state index in [1.807, 2.05) is 0 Å². The highest BCUT2D eigenvalue weighted by Gasteiger charge is 2.39. The summed E-state index contributed by atoms with van der Waals surface area (Å²) in [5, 5.41) is 6.98. The predicted molar refractivity (Wildman–Crippen MR) is 66.4 cm³/mol. The van der Waals surface area contributed by atoms with Gasteiger partial charge in [0.15, 0.2) is 0 Å². The first kappa shape index (κ1) is 9.67. The van der Waals surface area contributed by atoms with E-state index in [-0.39, 0.29) is 0 Å². The van der Waals surface area contributed by atoms with Gasteiger partial charge in [0, 0.05) is 22.1 Å². The van der Waals surface area contributed by atoms with Crippen LogP contribution in [0.3, 0.4) is 0 Å². The number of anilines is 1. The molecule has 2 aliphatic heterocycles. The summed E-state index contributed by atoms with van der Waals surface area (Å²) in [5.41, 5.74) is 3.25. The summed E-state index contributed by atoms with van der Waals surface area (Å²) in [7, 11) is 0. The number of halogens is 1. The molecule has 2 nitrogen and oxygen atoms in total. The van der Waals surface area contributed by atoms with Crippen LogP contribution in [0.15, 0.2) is 22.7 Å². The van der Waals surface area contributed by atoms with Crippen LogP contribution >= 0.6 is 15.9 Å². The summed E-state index contributed by atoms with van der Waals surface area (Å²) in [6.45, 7) is 3.41. The first-order valence-electron chi connectivity index (χ1n) is 5.55. The lowest BCUT2D eigenvalue weighted by Gasteiger charge is -2.33. The Morgan fingerprint density at radius 1 is 1.20 bits per heavy atom. The standard InChI is InChI=1S/C12H15BrN2/c13-9-1-2-10-11(7-9)15-8-12(10)3-5-14-6-4-12/h1-2,7,14-15H,3-6,8H2. The van der Waals surface area contributed by atoms with Crippen molar-refractivity contribution in [3.63, 3.8) is 0 Å². The molecule has 80 valence electrons. The van der Waals surface area contributed by atoms with Gasteiger partial charge in [-0.05, 0) is 43.6 Å². The molecule has 0 unspecified atom stereocenters. The van der Waals surface area contributed by atoms with Crippen molar-refractivity contribution in [1.29, 1.82) is 0 Å². The van der Waals surface area contributed by atoms with Gasteiger partial charge in [-0.1, -0.05) is 22.0 Å². The van der Waals surface area contributed by atoms with Crippen LogP contribution in [0.25, 0.3) is 0 Å². The Morgan fingerprint density at radius 3 is 2.80 bits per heavy atom. The Kier molecular flexibility index (Phi) is 2.25. The number of fused-ring (bicyclic) bond motifs is 2. The maximum Gasteiger partial charge on any atom is 0.0390 e. The van der Waals surface area contributed by atoms with E-state index in [0.717, 1.165) is 19.6 Å². The summed E-state index contributed by atoms with van der Waals surface area (Å²) in [4.78, 5) is 0. The van der Waals surface area contributed by atoms with Crippen LogP contribution in [0.5, 0.6) is 0 Å². The number of benzene rings is 1. The average Bonchev–Trinajstić information content (AvgIpc) is 2.58. The van der Waals surface area contributed by atoms with E-state index in [4.69, 9.17) is 0 Å². The van der Waals surface area contributed by atoms with Crippen LogP contribution < -0.4 is 10.6 Å². The third-order valence-electron chi connectivity index (χ3n) is 3.73. The Bertz CT molecular complexity index is 383. The molecule has 15 heavy (non-hydrogen) atoms. The molecule has 1 aromatic carbocycles. The molecular weight excluding hydrogens is 252 g/mol. The molecule has 0 atom stereocenters. The number of rotatable bonds is 0. The molecule has 3 rings (SSSR count). The first-order valence-corrected chi connectivity index (χ1v) is 6.34. The summed E-state index contributed by atoms with van der Waals surface area (Å²) in [6.07, 6.45) is 2.52. The van der Waals surface area contributed by atoms with Crippen LogP contribution in [0.2, 0.25) is 0 Å². The maximum atomic E-state index is 3.54. The molecule has 1 spiro atoms. The van der Waals surface area contributed by atoms with Gasteiger partial charge in [0.1, 0.15) is 0 Å². The minimum Gasteiger partial charge on any atom is -0.384 e. The first-order chi connectivity index (χ1) is 7.30. The lowest BCUT2D eigenvalue weighted by molar-refractivity contribution is 0.335. The third-order valence-corrected chi connectivity index (χ3v) is 4.22. The Labute approximate surface area is 98.6 Å². The second-order valence-electron chi connectivity index (χ2n) is 4.57. The van der Waals surface area contributed by atoms with Crippen molar-refractivity contribution >= 4 is 21.6 Å². The highest BCUT2D eigenvalue weighted by atomic mass is 79.9. The quantitative estimate of drug-likeness (QED) is 0.754. The largest absolute Gasteiger partial charge is 0.384 e. The van der Waals surface area contributed by atoms with Crippen molar-refractivity contribution in [2.24, 2.45) is 0 Å². The van der Waals surface area contributed by atoms with Gasteiger partial charge in [-0.15, -0.1) is 0 Å². The molecular formula is C12H15BrN2. The molecule has 1 aromatic rings. The molecule has 0 aromatic heterocycles. The monoisotopic (exact) mass is 266 g/mol. The minimum atomic E-state index is 0.404. The molecule has 2 N–H and O–H groups in total. The van der Waals surface area contributed by atoms with Crippen molar-refractivity contribution in [3.8, 4) is 0 Å². The Hall–Kier alpha value is -0.540. The van der Waals surface area contributed by atoms with Gasteiger partial charge in [-0.2, -0.15) is 0 Å². The van der Waals surface area contributed by atoms with Crippen LogP contribution in [0.4, 0.5) is 5.69 Å². The highest BCUT2D eigenvalue weighted by Crippen LogP contribution is 2.43. The summed E-state index contributed by atoms with van der Waals surface area (Å²) in [6, 6.07) is 6.65. The lowest BCUT2D eigenvalue weighted by Crippen LogP contribution is -2.41. The van der Waals surface area contributed by atoms with E-state index < -0.39 is 0 Å². The van der Waals surface area contributed by atoms with Gasteiger partial charge in [-0.3, -0.25) is 0 Å². The topological polar surface area (TPSA) is 24.1 Å². The number of hydrogen-bond donors (Lipinski definition) is 2. The second-order valence-corrected chi connectivity index (χ2v) is 5.49. The van der Waals surface area contributed by atoms with Crippen molar-refractivity contribution < 1.29 is 0 Å². The van der Waals surface area contributed by atoms with Crippen molar-refractivity contribution in [3.05, 3.63) is 28.2 Å². The van der Waals surface area contributed by atoms with E-state index in [9.17, 15) is 0 Å². The van der Waals surface area contributed by atoms with E-state index in [0.29, 0.717) is 5.41 Å². The fourth-order valence-electron chi connectivity index (χ4n) is 2.84. The lowest BCUT2D eigenvalue weighted by atomic mass is 9.75. The molecule has 0 amide bonds. The molecule has 2 heterocycles. The van der Waals surface area contributed by atoms with Crippen molar-refractivity contribution in [2.75, 3.05) is 25.0 Å². The number of nitrogens with one attached hydrogen (secondary N) is 2. The Morgan fingerprint density at radius 2 is 2.00 bits per heavy atom. The molecule has 0 saturated carbocycles. The molecule has 2 aliphatic rings. The zero-order valence-corrected chi connectivity index (χ0v) is 10.2. The fourth-order valence-corrected chi connectivity index (χ4v) is 3.20. The third kappa shape index (κ3) is 1.49. The van der Waals surface area contributed by atoms with Gasteiger partial charge in [0.25, 0.3) is 0 Å². The van der Waals surface area contributed by atoms with Crippen LogP contribution in [0, 0.1) is 0 Å². The molecule has 3 heteroatoms. The molecule has 0 bridgehead atoms. The van der Waals surface area contributed by atoms with Gasteiger partial charge in [-0.25, -0.2) is 0 Å². The summed E-state index contributed by atoms with van der Waals surface area (Å²) >= 11 is 3.52. The van der Waals surface area contributed by atoms with Crippen LogP contribution in [-0.4, -0.2) is 19.6 Å². The number of hydrogen-bond acceptors (Lipinski definition) is 2. The van der Waals surface area contributed by atoms with Gasteiger partial charge in [0.2, 0.25) is 0 Å². The SMILES string of the molecule is Brc1ccc2c(c1)NCC21CCNCC1.